The number of aryl methyl sites for hydroxylation is 2. The molecule has 1 N–H and O–H groups in total. The first-order valence-electron chi connectivity index (χ1n) is 7.64. The van der Waals surface area contributed by atoms with Crippen LogP contribution in [0.4, 0.5) is 0 Å². The number of phenols is 1. The van der Waals surface area contributed by atoms with E-state index in [2.05, 4.69) is 13.8 Å². The average molecular weight is 278 g/mol. The lowest BCUT2D eigenvalue weighted by atomic mass is 10.0. The second-order valence-electron chi connectivity index (χ2n) is 5.10. The lowest BCUT2D eigenvalue weighted by molar-refractivity contribution is -0.143. The number of aromatic hydroxyl groups is 1. The maximum Gasteiger partial charge on any atom is 0.306 e. The molecule has 1 aromatic rings. The minimum absolute atomic E-state index is 0.184. The molecule has 0 aliphatic heterocycles. The third kappa shape index (κ3) is 5.64. The zero-order valence-electron chi connectivity index (χ0n) is 12.7. The molecule has 0 fully saturated rings. The van der Waals surface area contributed by atoms with Crippen LogP contribution in [0.3, 0.4) is 0 Å². The summed E-state index contributed by atoms with van der Waals surface area (Å²) < 4.78 is 5.12. The Balaban J connectivity index is 2.49. The Bertz CT molecular complexity index is 413. The molecule has 1 rings (SSSR count). The van der Waals surface area contributed by atoms with Crippen LogP contribution in [0.5, 0.6) is 5.75 Å². The molecule has 0 aliphatic carbocycles. The number of ether oxygens (including phenoxy) is 1. The standard InChI is InChI=1S/C17H26O3/c1-3-5-8-14-9-7-10-15(17(14)19)11-12-16(18)20-13-6-4-2/h7,9-10,19H,3-6,8,11-13H2,1-2H3. The molecule has 0 amide bonds. The number of carbonyl (C=O) groups is 1. The summed E-state index contributed by atoms with van der Waals surface area (Å²) in [5.41, 5.74) is 1.81. The number of benzene rings is 1. The molecule has 3 heteroatoms. The summed E-state index contributed by atoms with van der Waals surface area (Å²) in [7, 11) is 0. The van der Waals surface area contributed by atoms with Gasteiger partial charge in [0.2, 0.25) is 0 Å². The normalized spacial score (nSPS) is 10.5. The van der Waals surface area contributed by atoms with E-state index < -0.39 is 0 Å². The van der Waals surface area contributed by atoms with E-state index in [1.54, 1.807) is 0 Å². The van der Waals surface area contributed by atoms with Gasteiger partial charge >= 0.3 is 5.97 Å². The van der Waals surface area contributed by atoms with Crippen molar-refractivity contribution in [1.82, 2.24) is 0 Å². The van der Waals surface area contributed by atoms with Gasteiger partial charge in [-0.25, -0.2) is 0 Å². The van der Waals surface area contributed by atoms with Gasteiger partial charge in [0, 0.05) is 6.42 Å². The maximum atomic E-state index is 11.6. The molecule has 0 radical (unpaired) electrons. The molecule has 3 nitrogen and oxygen atoms in total. The summed E-state index contributed by atoms with van der Waals surface area (Å²) in [5.74, 6) is 0.166. The zero-order chi connectivity index (χ0) is 14.8. The minimum Gasteiger partial charge on any atom is -0.507 e. The van der Waals surface area contributed by atoms with Crippen LogP contribution in [-0.4, -0.2) is 17.7 Å². The lowest BCUT2D eigenvalue weighted by Gasteiger charge is -2.09. The summed E-state index contributed by atoms with van der Waals surface area (Å²) in [6.07, 6.45) is 5.85. The third-order valence-electron chi connectivity index (χ3n) is 3.36. The lowest BCUT2D eigenvalue weighted by Crippen LogP contribution is -2.07. The van der Waals surface area contributed by atoms with E-state index in [1.165, 1.54) is 0 Å². The first kappa shape index (κ1) is 16.5. The van der Waals surface area contributed by atoms with Crippen molar-refractivity contribution in [3.63, 3.8) is 0 Å². The van der Waals surface area contributed by atoms with Crippen LogP contribution < -0.4 is 0 Å². The Kier molecular flexibility index (Phi) is 7.78. The van der Waals surface area contributed by atoms with E-state index >= 15 is 0 Å². The molecule has 112 valence electrons. The van der Waals surface area contributed by atoms with Gasteiger partial charge in [0.15, 0.2) is 0 Å². The van der Waals surface area contributed by atoms with Crippen molar-refractivity contribution >= 4 is 5.97 Å². The van der Waals surface area contributed by atoms with Gasteiger partial charge in [-0.05, 0) is 36.8 Å². The Hall–Kier alpha value is -1.51. The molecular weight excluding hydrogens is 252 g/mol. The van der Waals surface area contributed by atoms with Crippen molar-refractivity contribution in [2.45, 2.75) is 58.8 Å². The van der Waals surface area contributed by atoms with Gasteiger partial charge in [-0.1, -0.05) is 44.9 Å². The summed E-state index contributed by atoms with van der Waals surface area (Å²) in [5, 5.41) is 10.2. The van der Waals surface area contributed by atoms with Crippen molar-refractivity contribution in [2.24, 2.45) is 0 Å². The second-order valence-corrected chi connectivity index (χ2v) is 5.10. The van der Waals surface area contributed by atoms with E-state index in [1.807, 2.05) is 18.2 Å². The number of para-hydroxylation sites is 1. The highest BCUT2D eigenvalue weighted by atomic mass is 16.5. The van der Waals surface area contributed by atoms with E-state index in [4.69, 9.17) is 4.74 Å². The Morgan fingerprint density at radius 2 is 1.75 bits per heavy atom. The van der Waals surface area contributed by atoms with Crippen LogP contribution in [0.25, 0.3) is 0 Å². The van der Waals surface area contributed by atoms with Crippen molar-refractivity contribution in [3.05, 3.63) is 29.3 Å². The van der Waals surface area contributed by atoms with Gasteiger partial charge in [0.05, 0.1) is 6.61 Å². The first-order chi connectivity index (χ1) is 9.69. The molecule has 1 aromatic carbocycles. The molecule has 0 unspecified atom stereocenters. The SMILES string of the molecule is CCCCOC(=O)CCc1cccc(CCCC)c1O. The van der Waals surface area contributed by atoms with Gasteiger partial charge in [-0.3, -0.25) is 4.79 Å². The third-order valence-corrected chi connectivity index (χ3v) is 3.36. The minimum atomic E-state index is -0.184. The number of hydrogen-bond donors (Lipinski definition) is 1. The van der Waals surface area contributed by atoms with Crippen molar-refractivity contribution in [2.75, 3.05) is 6.61 Å². The molecule has 0 aromatic heterocycles. The number of hydrogen-bond acceptors (Lipinski definition) is 3. The van der Waals surface area contributed by atoms with E-state index in [0.717, 1.165) is 43.2 Å². The number of rotatable bonds is 9. The fourth-order valence-corrected chi connectivity index (χ4v) is 2.05. The summed E-state index contributed by atoms with van der Waals surface area (Å²) in [6, 6.07) is 5.78. The largest absolute Gasteiger partial charge is 0.507 e. The van der Waals surface area contributed by atoms with Crippen LogP contribution in [0.1, 0.15) is 57.1 Å². The number of esters is 1. The summed E-state index contributed by atoms with van der Waals surface area (Å²) in [4.78, 5) is 11.6. The number of carbonyl (C=O) groups excluding carboxylic acids is 1. The van der Waals surface area contributed by atoms with E-state index in [-0.39, 0.29) is 5.97 Å². The van der Waals surface area contributed by atoms with Gasteiger partial charge < -0.3 is 9.84 Å². The molecule has 0 heterocycles. The summed E-state index contributed by atoms with van der Waals surface area (Å²) >= 11 is 0. The first-order valence-corrected chi connectivity index (χ1v) is 7.64. The molecule has 0 saturated heterocycles. The van der Waals surface area contributed by atoms with E-state index in [9.17, 15) is 9.90 Å². The van der Waals surface area contributed by atoms with Crippen LogP contribution in [0.2, 0.25) is 0 Å². The zero-order valence-corrected chi connectivity index (χ0v) is 12.7. The fourth-order valence-electron chi connectivity index (χ4n) is 2.05. The Morgan fingerprint density at radius 3 is 2.40 bits per heavy atom. The molecule has 0 aliphatic rings. The van der Waals surface area contributed by atoms with Crippen molar-refractivity contribution in [3.8, 4) is 5.75 Å². The van der Waals surface area contributed by atoms with Crippen LogP contribution in [-0.2, 0) is 22.4 Å². The monoisotopic (exact) mass is 278 g/mol. The average Bonchev–Trinajstić information content (AvgIpc) is 2.45. The topological polar surface area (TPSA) is 46.5 Å². The van der Waals surface area contributed by atoms with Crippen molar-refractivity contribution in [1.29, 1.82) is 0 Å². The molecule has 0 spiro atoms. The van der Waals surface area contributed by atoms with Gasteiger partial charge in [-0.15, -0.1) is 0 Å². The predicted molar refractivity (Wildman–Crippen MR) is 80.9 cm³/mol. The Morgan fingerprint density at radius 1 is 1.10 bits per heavy atom. The molecule has 0 bridgehead atoms. The molecule has 0 saturated carbocycles. The maximum absolute atomic E-state index is 11.6. The fraction of sp³-hybridized carbons (Fsp3) is 0.588. The van der Waals surface area contributed by atoms with Crippen LogP contribution in [0.15, 0.2) is 18.2 Å². The van der Waals surface area contributed by atoms with Crippen LogP contribution >= 0.6 is 0 Å². The highest BCUT2D eigenvalue weighted by Gasteiger charge is 2.09. The molecule has 0 atom stereocenters. The molecular formula is C17H26O3. The number of unbranched alkanes of at least 4 members (excludes halogenated alkanes) is 2. The van der Waals surface area contributed by atoms with Gasteiger partial charge in [-0.2, -0.15) is 0 Å². The van der Waals surface area contributed by atoms with Gasteiger partial charge in [0.25, 0.3) is 0 Å². The Labute approximate surface area is 122 Å². The summed E-state index contributed by atoms with van der Waals surface area (Å²) in [6.45, 7) is 4.69. The van der Waals surface area contributed by atoms with Gasteiger partial charge in [0.1, 0.15) is 5.75 Å². The molecule has 20 heavy (non-hydrogen) atoms. The number of phenolic OH excluding ortho intramolecular Hbond substituents is 1. The smallest absolute Gasteiger partial charge is 0.306 e. The highest BCUT2D eigenvalue weighted by molar-refractivity contribution is 5.69. The van der Waals surface area contributed by atoms with Crippen LogP contribution in [0, 0.1) is 0 Å². The predicted octanol–water partition coefficient (Wildman–Crippen LogP) is 4.01. The quantitative estimate of drug-likeness (QED) is 0.548. The second kappa shape index (κ2) is 9.40. The highest BCUT2D eigenvalue weighted by Crippen LogP contribution is 2.25. The van der Waals surface area contributed by atoms with Crippen molar-refractivity contribution < 1.29 is 14.6 Å². The van der Waals surface area contributed by atoms with E-state index in [0.29, 0.717) is 25.2 Å².